The maximum atomic E-state index is 13.3. The zero-order chi connectivity index (χ0) is 21.5. The Bertz CT molecular complexity index is 1130. The fraction of sp³-hybridized carbons (Fsp3) is 0.130. The van der Waals surface area contributed by atoms with Crippen molar-refractivity contribution >= 4 is 44.9 Å². The maximum Gasteiger partial charge on any atom is 0.264 e. The van der Waals surface area contributed by atoms with Gasteiger partial charge in [0.15, 0.2) is 11.4 Å². The standard InChI is InChI=1S/C23H16BrClFNO3/c24-16-5-10-20-19(11-16)23(30,12-21(28)15-3-8-18(26)9-4-15)22(29)27(20)13-14-1-6-17(25)7-2-14/h1-11,30H,12-13H2. The van der Waals surface area contributed by atoms with E-state index >= 15 is 0 Å². The number of aliphatic hydroxyl groups is 1. The lowest BCUT2D eigenvalue weighted by atomic mass is 9.88. The van der Waals surface area contributed by atoms with Gasteiger partial charge in [-0.25, -0.2) is 4.39 Å². The number of ketones is 1. The van der Waals surface area contributed by atoms with Crippen molar-refractivity contribution < 1.29 is 19.1 Å². The highest BCUT2D eigenvalue weighted by Crippen LogP contribution is 2.44. The first-order valence-corrected chi connectivity index (χ1v) is 10.3. The second-order valence-electron chi connectivity index (χ2n) is 7.15. The molecule has 0 radical (unpaired) electrons. The Kier molecular flexibility index (Phi) is 5.49. The van der Waals surface area contributed by atoms with Gasteiger partial charge in [0, 0.05) is 20.6 Å². The summed E-state index contributed by atoms with van der Waals surface area (Å²) in [4.78, 5) is 27.6. The molecule has 1 N–H and O–H groups in total. The Balaban J connectivity index is 1.70. The minimum atomic E-state index is -2.02. The Morgan fingerprint density at radius 1 is 1.07 bits per heavy atom. The summed E-state index contributed by atoms with van der Waals surface area (Å²) in [5.41, 5.74) is -0.0725. The number of rotatable bonds is 5. The smallest absolute Gasteiger partial charge is 0.264 e. The molecule has 3 aromatic rings. The van der Waals surface area contributed by atoms with Crippen molar-refractivity contribution in [2.45, 2.75) is 18.6 Å². The van der Waals surface area contributed by atoms with Crippen LogP contribution >= 0.6 is 27.5 Å². The zero-order valence-corrected chi connectivity index (χ0v) is 18.0. The van der Waals surface area contributed by atoms with Gasteiger partial charge in [-0.15, -0.1) is 0 Å². The fourth-order valence-corrected chi connectivity index (χ4v) is 4.08. The van der Waals surface area contributed by atoms with Gasteiger partial charge >= 0.3 is 0 Å². The number of hydrogen-bond acceptors (Lipinski definition) is 3. The van der Waals surface area contributed by atoms with Crippen molar-refractivity contribution in [3.8, 4) is 0 Å². The highest BCUT2D eigenvalue weighted by molar-refractivity contribution is 9.10. The van der Waals surface area contributed by atoms with Crippen LogP contribution in [0.25, 0.3) is 0 Å². The number of carbonyl (C=O) groups excluding carboxylic acids is 2. The first-order valence-electron chi connectivity index (χ1n) is 9.15. The Labute approximate surface area is 186 Å². The van der Waals surface area contributed by atoms with Crippen LogP contribution in [0.4, 0.5) is 10.1 Å². The number of amides is 1. The fourth-order valence-electron chi connectivity index (χ4n) is 3.59. The molecule has 1 atom stereocenters. The molecule has 0 aromatic heterocycles. The number of nitrogens with zero attached hydrogens (tertiary/aromatic N) is 1. The second kappa shape index (κ2) is 7.95. The number of carbonyl (C=O) groups is 2. The van der Waals surface area contributed by atoms with Gasteiger partial charge in [-0.3, -0.25) is 9.59 Å². The van der Waals surface area contributed by atoms with Gasteiger partial charge in [-0.05, 0) is 60.2 Å². The Morgan fingerprint density at radius 2 is 1.73 bits per heavy atom. The summed E-state index contributed by atoms with van der Waals surface area (Å²) >= 11 is 9.31. The van der Waals surface area contributed by atoms with Gasteiger partial charge < -0.3 is 10.0 Å². The third-order valence-corrected chi connectivity index (χ3v) is 5.88. The number of halogens is 3. The van der Waals surface area contributed by atoms with Crippen LogP contribution in [-0.4, -0.2) is 16.8 Å². The lowest BCUT2D eigenvalue weighted by Gasteiger charge is -2.23. The molecule has 0 fully saturated rings. The van der Waals surface area contributed by atoms with E-state index in [1.165, 1.54) is 29.2 Å². The van der Waals surface area contributed by atoms with E-state index in [2.05, 4.69) is 15.9 Å². The number of Topliss-reactive ketones (excluding diaryl/α,β-unsaturated/α-hetero) is 1. The number of hydrogen-bond donors (Lipinski definition) is 1. The van der Waals surface area contributed by atoms with Crippen molar-refractivity contribution in [2.75, 3.05) is 4.90 Å². The van der Waals surface area contributed by atoms with Crippen molar-refractivity contribution in [1.82, 2.24) is 0 Å². The van der Waals surface area contributed by atoms with Crippen LogP contribution < -0.4 is 4.90 Å². The highest BCUT2D eigenvalue weighted by atomic mass is 79.9. The molecule has 1 aliphatic rings. The number of benzene rings is 3. The molecule has 0 bridgehead atoms. The van der Waals surface area contributed by atoms with Gasteiger partial charge in [-0.1, -0.05) is 39.7 Å². The molecule has 152 valence electrons. The lowest BCUT2D eigenvalue weighted by Crippen LogP contribution is -2.41. The van der Waals surface area contributed by atoms with Crippen molar-refractivity contribution in [2.24, 2.45) is 0 Å². The van der Waals surface area contributed by atoms with E-state index in [1.54, 1.807) is 42.5 Å². The molecular formula is C23H16BrClFNO3. The quantitative estimate of drug-likeness (QED) is 0.499. The zero-order valence-electron chi connectivity index (χ0n) is 15.6. The number of fused-ring (bicyclic) bond motifs is 1. The van der Waals surface area contributed by atoms with E-state index in [0.717, 1.165) is 5.56 Å². The van der Waals surface area contributed by atoms with Gasteiger partial charge in [0.2, 0.25) is 0 Å². The summed E-state index contributed by atoms with van der Waals surface area (Å²) in [5.74, 6) is -1.50. The van der Waals surface area contributed by atoms with Crippen molar-refractivity contribution in [3.63, 3.8) is 0 Å². The summed E-state index contributed by atoms with van der Waals surface area (Å²) in [5, 5.41) is 12.0. The van der Waals surface area contributed by atoms with Gasteiger partial charge in [0.05, 0.1) is 18.7 Å². The predicted molar refractivity (Wildman–Crippen MR) is 116 cm³/mol. The molecule has 1 heterocycles. The van der Waals surface area contributed by atoms with Crippen LogP contribution in [0.5, 0.6) is 0 Å². The molecule has 1 unspecified atom stereocenters. The van der Waals surface area contributed by atoms with E-state index in [9.17, 15) is 19.1 Å². The topological polar surface area (TPSA) is 57.6 Å². The van der Waals surface area contributed by atoms with Crippen LogP contribution in [0.1, 0.15) is 27.9 Å². The largest absolute Gasteiger partial charge is 0.375 e. The van der Waals surface area contributed by atoms with E-state index < -0.39 is 29.5 Å². The van der Waals surface area contributed by atoms with Crippen LogP contribution in [-0.2, 0) is 16.9 Å². The average Bonchev–Trinajstić information content (AvgIpc) is 2.91. The summed E-state index contributed by atoms with van der Waals surface area (Å²) in [6.07, 6.45) is -0.446. The molecule has 0 spiro atoms. The molecule has 4 rings (SSSR count). The first kappa shape index (κ1) is 20.7. The third-order valence-electron chi connectivity index (χ3n) is 5.13. The van der Waals surface area contributed by atoms with Gasteiger partial charge in [0.1, 0.15) is 5.82 Å². The minimum absolute atomic E-state index is 0.220. The predicted octanol–water partition coefficient (Wildman–Crippen LogP) is 5.25. The second-order valence-corrected chi connectivity index (χ2v) is 8.50. The Hall–Kier alpha value is -2.54. The van der Waals surface area contributed by atoms with Crippen molar-refractivity contribution in [3.05, 3.63) is 98.7 Å². The molecule has 0 saturated carbocycles. The summed E-state index contributed by atoms with van der Waals surface area (Å²) in [6.45, 7) is 0.220. The van der Waals surface area contributed by atoms with Gasteiger partial charge in [0.25, 0.3) is 5.91 Å². The lowest BCUT2D eigenvalue weighted by molar-refractivity contribution is -0.136. The van der Waals surface area contributed by atoms with E-state index in [0.29, 0.717) is 20.7 Å². The summed E-state index contributed by atoms with van der Waals surface area (Å²) < 4.78 is 13.9. The van der Waals surface area contributed by atoms with Crippen LogP contribution in [0.3, 0.4) is 0 Å². The Morgan fingerprint density at radius 3 is 2.40 bits per heavy atom. The normalized spacial score (nSPS) is 17.9. The molecule has 3 aromatic carbocycles. The SMILES string of the molecule is O=C(CC1(O)C(=O)N(Cc2ccc(Cl)cc2)c2ccc(Br)cc21)c1ccc(F)cc1. The van der Waals surface area contributed by atoms with Crippen LogP contribution in [0.15, 0.2) is 71.2 Å². The molecule has 0 aliphatic carbocycles. The van der Waals surface area contributed by atoms with Crippen LogP contribution in [0, 0.1) is 5.82 Å². The summed E-state index contributed by atoms with van der Waals surface area (Å²) in [6, 6.07) is 17.2. The van der Waals surface area contributed by atoms with E-state index in [4.69, 9.17) is 11.6 Å². The molecule has 1 aliphatic heterocycles. The van der Waals surface area contributed by atoms with Crippen molar-refractivity contribution in [1.29, 1.82) is 0 Å². The average molecular weight is 489 g/mol. The molecule has 4 nitrogen and oxygen atoms in total. The molecule has 7 heteroatoms. The highest BCUT2D eigenvalue weighted by Gasteiger charge is 2.51. The van der Waals surface area contributed by atoms with Gasteiger partial charge in [-0.2, -0.15) is 0 Å². The third kappa shape index (κ3) is 3.78. The van der Waals surface area contributed by atoms with Crippen LogP contribution in [0.2, 0.25) is 5.02 Å². The molecular weight excluding hydrogens is 473 g/mol. The minimum Gasteiger partial charge on any atom is -0.375 e. The first-order chi connectivity index (χ1) is 14.3. The summed E-state index contributed by atoms with van der Waals surface area (Å²) in [7, 11) is 0. The number of anilines is 1. The van der Waals surface area contributed by atoms with E-state index in [1.807, 2.05) is 0 Å². The molecule has 0 saturated heterocycles. The monoisotopic (exact) mass is 487 g/mol. The van der Waals surface area contributed by atoms with E-state index in [-0.39, 0.29) is 12.1 Å². The molecule has 30 heavy (non-hydrogen) atoms. The molecule has 1 amide bonds. The maximum absolute atomic E-state index is 13.3.